The van der Waals surface area contributed by atoms with E-state index in [2.05, 4.69) is 36.3 Å². The van der Waals surface area contributed by atoms with Gasteiger partial charge in [0, 0.05) is 24.7 Å². The SMILES string of the molecule is CCCC1(CCC)CNCc2nc(-c3cccnc3OCC)ccc21. The zero-order valence-electron chi connectivity index (χ0n) is 15.6. The zero-order chi connectivity index (χ0) is 17.7. The highest BCUT2D eigenvalue weighted by Gasteiger charge is 2.35. The molecular weight excluding hydrogens is 310 g/mol. The highest BCUT2D eigenvalue weighted by atomic mass is 16.5. The Balaban J connectivity index is 2.03. The summed E-state index contributed by atoms with van der Waals surface area (Å²) >= 11 is 0. The number of aromatic nitrogens is 2. The standard InChI is InChI=1S/C21H29N3O/c1-4-11-21(12-5-2)15-22-14-19-17(21)9-10-18(24-19)16-8-7-13-23-20(16)25-6-3/h7-10,13,22H,4-6,11-12,14-15H2,1-3H3. The Morgan fingerprint density at radius 1 is 1.12 bits per heavy atom. The van der Waals surface area contributed by atoms with Crippen LogP contribution in [0.15, 0.2) is 30.5 Å². The summed E-state index contributed by atoms with van der Waals surface area (Å²) in [5.41, 5.74) is 4.74. The number of pyridine rings is 2. The van der Waals surface area contributed by atoms with Gasteiger partial charge in [-0.2, -0.15) is 0 Å². The average Bonchev–Trinajstić information content (AvgIpc) is 2.63. The maximum atomic E-state index is 5.69. The van der Waals surface area contributed by atoms with E-state index < -0.39 is 0 Å². The highest BCUT2D eigenvalue weighted by molar-refractivity contribution is 5.65. The average molecular weight is 339 g/mol. The summed E-state index contributed by atoms with van der Waals surface area (Å²) in [4.78, 5) is 9.37. The molecule has 134 valence electrons. The fourth-order valence-electron chi connectivity index (χ4n) is 4.15. The molecule has 0 saturated heterocycles. The molecule has 4 heteroatoms. The van der Waals surface area contributed by atoms with Crippen LogP contribution in [0.2, 0.25) is 0 Å². The molecule has 0 atom stereocenters. The minimum absolute atomic E-state index is 0.223. The van der Waals surface area contributed by atoms with Crippen LogP contribution in [-0.2, 0) is 12.0 Å². The first kappa shape index (κ1) is 17.9. The molecule has 0 amide bonds. The van der Waals surface area contributed by atoms with Gasteiger partial charge in [0.1, 0.15) is 0 Å². The number of fused-ring (bicyclic) bond motifs is 1. The molecule has 1 aliphatic heterocycles. The maximum Gasteiger partial charge on any atom is 0.222 e. The van der Waals surface area contributed by atoms with Crippen LogP contribution in [0.1, 0.15) is 57.7 Å². The number of nitrogens with zero attached hydrogens (tertiary/aromatic N) is 2. The lowest BCUT2D eigenvalue weighted by atomic mass is 9.71. The zero-order valence-corrected chi connectivity index (χ0v) is 15.6. The summed E-state index contributed by atoms with van der Waals surface area (Å²) in [5.74, 6) is 0.662. The van der Waals surface area contributed by atoms with Crippen LogP contribution in [0.4, 0.5) is 0 Å². The minimum atomic E-state index is 0.223. The van der Waals surface area contributed by atoms with Gasteiger partial charge in [0.2, 0.25) is 5.88 Å². The van der Waals surface area contributed by atoms with Crippen LogP contribution < -0.4 is 10.1 Å². The first-order chi connectivity index (χ1) is 12.2. The van der Waals surface area contributed by atoms with Crippen LogP contribution in [0, 0.1) is 0 Å². The molecule has 2 aromatic heterocycles. The third-order valence-corrected chi connectivity index (χ3v) is 5.09. The van der Waals surface area contributed by atoms with Gasteiger partial charge in [-0.15, -0.1) is 0 Å². The number of rotatable bonds is 7. The molecule has 3 heterocycles. The van der Waals surface area contributed by atoms with Crippen molar-refractivity contribution in [3.63, 3.8) is 0 Å². The van der Waals surface area contributed by atoms with E-state index in [1.54, 1.807) is 6.20 Å². The Hall–Kier alpha value is -1.94. The number of hydrogen-bond acceptors (Lipinski definition) is 4. The summed E-state index contributed by atoms with van der Waals surface area (Å²) in [6.45, 7) is 9.02. The molecule has 1 N–H and O–H groups in total. The molecule has 0 spiro atoms. The van der Waals surface area contributed by atoms with Crippen LogP contribution in [0.5, 0.6) is 5.88 Å². The highest BCUT2D eigenvalue weighted by Crippen LogP contribution is 2.39. The van der Waals surface area contributed by atoms with Gasteiger partial charge in [0.15, 0.2) is 0 Å². The quantitative estimate of drug-likeness (QED) is 0.808. The lowest BCUT2D eigenvalue weighted by Crippen LogP contribution is -2.43. The van der Waals surface area contributed by atoms with Gasteiger partial charge in [-0.05, 0) is 43.5 Å². The summed E-state index contributed by atoms with van der Waals surface area (Å²) < 4.78 is 5.69. The van der Waals surface area contributed by atoms with Gasteiger partial charge in [0.05, 0.1) is 23.6 Å². The van der Waals surface area contributed by atoms with Gasteiger partial charge >= 0.3 is 0 Å². The van der Waals surface area contributed by atoms with Crippen molar-refractivity contribution in [2.75, 3.05) is 13.2 Å². The van der Waals surface area contributed by atoms with E-state index in [1.807, 2.05) is 19.1 Å². The first-order valence-corrected chi connectivity index (χ1v) is 9.53. The predicted octanol–water partition coefficient (Wildman–Crippen LogP) is 4.48. The number of nitrogens with one attached hydrogen (secondary N) is 1. The number of ether oxygens (including phenoxy) is 1. The molecular formula is C21H29N3O. The molecule has 0 bridgehead atoms. The van der Waals surface area contributed by atoms with Crippen LogP contribution >= 0.6 is 0 Å². The summed E-state index contributed by atoms with van der Waals surface area (Å²) in [6.07, 6.45) is 6.57. The molecule has 0 aromatic carbocycles. The largest absolute Gasteiger partial charge is 0.477 e. The van der Waals surface area contributed by atoms with E-state index in [0.717, 1.165) is 24.3 Å². The van der Waals surface area contributed by atoms with Gasteiger partial charge in [0.25, 0.3) is 0 Å². The number of hydrogen-bond donors (Lipinski definition) is 1. The van der Waals surface area contributed by atoms with E-state index in [4.69, 9.17) is 9.72 Å². The normalized spacial score (nSPS) is 15.6. The Kier molecular flexibility index (Phi) is 5.69. The van der Waals surface area contributed by atoms with Crippen molar-refractivity contribution < 1.29 is 4.74 Å². The minimum Gasteiger partial charge on any atom is -0.477 e. The third kappa shape index (κ3) is 3.54. The van der Waals surface area contributed by atoms with Crippen molar-refractivity contribution >= 4 is 0 Å². The Labute approximate surface area is 151 Å². The molecule has 0 unspecified atom stereocenters. The van der Waals surface area contributed by atoms with Crippen molar-refractivity contribution in [2.45, 2.75) is 58.4 Å². The summed E-state index contributed by atoms with van der Waals surface area (Å²) in [5, 5.41) is 3.61. The topological polar surface area (TPSA) is 47.0 Å². The molecule has 25 heavy (non-hydrogen) atoms. The van der Waals surface area contributed by atoms with Gasteiger partial charge < -0.3 is 10.1 Å². The molecule has 1 aliphatic rings. The Bertz CT molecular complexity index is 708. The monoisotopic (exact) mass is 339 g/mol. The van der Waals surface area contributed by atoms with Gasteiger partial charge in [-0.25, -0.2) is 4.98 Å². The van der Waals surface area contributed by atoms with Crippen LogP contribution in [0.25, 0.3) is 11.3 Å². The molecule has 2 aromatic rings. The lowest BCUT2D eigenvalue weighted by Gasteiger charge is -2.39. The van der Waals surface area contributed by atoms with Crippen LogP contribution in [-0.4, -0.2) is 23.1 Å². The van der Waals surface area contributed by atoms with Crippen molar-refractivity contribution in [3.8, 4) is 17.1 Å². The Morgan fingerprint density at radius 2 is 1.92 bits per heavy atom. The molecule has 0 aliphatic carbocycles. The van der Waals surface area contributed by atoms with E-state index in [1.165, 1.54) is 36.9 Å². The van der Waals surface area contributed by atoms with Gasteiger partial charge in [-0.3, -0.25) is 4.98 Å². The molecule has 0 saturated carbocycles. The van der Waals surface area contributed by atoms with E-state index in [9.17, 15) is 0 Å². The van der Waals surface area contributed by atoms with E-state index >= 15 is 0 Å². The lowest BCUT2D eigenvalue weighted by molar-refractivity contribution is 0.311. The summed E-state index contributed by atoms with van der Waals surface area (Å²) in [6, 6.07) is 8.42. The van der Waals surface area contributed by atoms with E-state index in [-0.39, 0.29) is 5.41 Å². The fourth-order valence-corrected chi connectivity index (χ4v) is 4.15. The summed E-state index contributed by atoms with van der Waals surface area (Å²) in [7, 11) is 0. The smallest absolute Gasteiger partial charge is 0.222 e. The Morgan fingerprint density at radius 3 is 2.64 bits per heavy atom. The van der Waals surface area contributed by atoms with Crippen LogP contribution in [0.3, 0.4) is 0 Å². The van der Waals surface area contributed by atoms with Crippen molar-refractivity contribution in [3.05, 3.63) is 41.7 Å². The second kappa shape index (κ2) is 7.96. The van der Waals surface area contributed by atoms with E-state index in [0.29, 0.717) is 12.5 Å². The maximum absolute atomic E-state index is 5.69. The van der Waals surface area contributed by atoms with Crippen molar-refractivity contribution in [1.29, 1.82) is 0 Å². The molecule has 4 nitrogen and oxygen atoms in total. The molecule has 0 fully saturated rings. The van der Waals surface area contributed by atoms with Crippen molar-refractivity contribution in [2.24, 2.45) is 0 Å². The third-order valence-electron chi connectivity index (χ3n) is 5.09. The first-order valence-electron chi connectivity index (χ1n) is 9.53. The molecule has 0 radical (unpaired) electrons. The molecule has 3 rings (SSSR count). The second-order valence-electron chi connectivity index (χ2n) is 6.86. The predicted molar refractivity (Wildman–Crippen MR) is 102 cm³/mol. The second-order valence-corrected chi connectivity index (χ2v) is 6.86. The van der Waals surface area contributed by atoms with Gasteiger partial charge in [-0.1, -0.05) is 32.8 Å². The van der Waals surface area contributed by atoms with Crippen molar-refractivity contribution in [1.82, 2.24) is 15.3 Å². The fraction of sp³-hybridized carbons (Fsp3) is 0.524.